The summed E-state index contributed by atoms with van der Waals surface area (Å²) in [4.78, 5) is 14.0. The number of hydrogen-bond acceptors (Lipinski definition) is 4. The van der Waals surface area contributed by atoms with E-state index in [-0.39, 0.29) is 23.9 Å². The second-order valence-electron chi connectivity index (χ2n) is 8.05. The molecule has 1 amide bonds. The lowest BCUT2D eigenvalue weighted by Crippen LogP contribution is -2.42. The van der Waals surface area contributed by atoms with Crippen LogP contribution in [-0.2, 0) is 21.6 Å². The van der Waals surface area contributed by atoms with Crippen molar-refractivity contribution >= 4 is 5.91 Å². The van der Waals surface area contributed by atoms with Crippen LogP contribution < -0.4 is 10.1 Å². The van der Waals surface area contributed by atoms with Gasteiger partial charge in [-0.15, -0.1) is 0 Å². The van der Waals surface area contributed by atoms with Crippen LogP contribution in [0.4, 0.5) is 4.39 Å². The molecule has 1 saturated carbocycles. The van der Waals surface area contributed by atoms with Crippen LogP contribution in [0.15, 0.2) is 48.5 Å². The zero-order valence-electron chi connectivity index (χ0n) is 17.2. The molecule has 0 atom stereocenters. The van der Waals surface area contributed by atoms with Crippen LogP contribution in [0.25, 0.3) is 0 Å². The predicted molar refractivity (Wildman–Crippen MR) is 113 cm³/mol. The molecule has 2 aromatic rings. The maximum Gasteiger partial charge on any atom is 0.260 e. The fourth-order valence-corrected chi connectivity index (χ4v) is 4.39. The molecule has 1 heterocycles. The van der Waals surface area contributed by atoms with Crippen molar-refractivity contribution < 1.29 is 18.7 Å². The zero-order chi connectivity index (χ0) is 20.8. The first kappa shape index (κ1) is 20.8. The summed E-state index contributed by atoms with van der Waals surface area (Å²) in [7, 11) is 0. The highest BCUT2D eigenvalue weighted by molar-refractivity contribution is 5.77. The van der Waals surface area contributed by atoms with Gasteiger partial charge in [-0.05, 0) is 36.6 Å². The van der Waals surface area contributed by atoms with Gasteiger partial charge in [0.05, 0.1) is 13.2 Å². The van der Waals surface area contributed by atoms with Crippen molar-refractivity contribution in [3.05, 3.63) is 65.5 Å². The Morgan fingerprint density at radius 1 is 1.07 bits per heavy atom. The van der Waals surface area contributed by atoms with E-state index in [1.807, 2.05) is 36.4 Å². The van der Waals surface area contributed by atoms with Gasteiger partial charge in [-0.1, -0.05) is 43.2 Å². The van der Waals surface area contributed by atoms with Crippen LogP contribution in [-0.4, -0.2) is 43.7 Å². The lowest BCUT2D eigenvalue weighted by atomic mass is 9.87. The number of morpholine rings is 1. The number of amides is 1. The molecule has 30 heavy (non-hydrogen) atoms. The smallest absolute Gasteiger partial charge is 0.260 e. The van der Waals surface area contributed by atoms with E-state index >= 15 is 0 Å². The van der Waals surface area contributed by atoms with Crippen molar-refractivity contribution in [3.8, 4) is 5.75 Å². The lowest BCUT2D eigenvalue weighted by Gasteiger charge is -2.31. The number of halogens is 1. The van der Waals surface area contributed by atoms with Gasteiger partial charge in [-0.3, -0.25) is 4.79 Å². The van der Waals surface area contributed by atoms with Crippen LogP contribution >= 0.6 is 0 Å². The molecule has 1 aliphatic heterocycles. The minimum absolute atomic E-state index is 0.0166. The molecule has 2 aromatic carbocycles. The minimum Gasteiger partial charge on any atom is -0.484 e. The molecule has 0 aromatic heterocycles. The number of rotatable bonds is 7. The van der Waals surface area contributed by atoms with E-state index in [1.165, 1.54) is 0 Å². The minimum atomic E-state index is -0.301. The summed E-state index contributed by atoms with van der Waals surface area (Å²) in [5.74, 6) is 0.516. The van der Waals surface area contributed by atoms with E-state index in [0.29, 0.717) is 38.6 Å². The number of nitrogens with zero attached hydrogens (tertiary/aromatic N) is 1. The third-order valence-corrected chi connectivity index (χ3v) is 6.13. The van der Waals surface area contributed by atoms with E-state index in [0.717, 1.165) is 36.8 Å². The Labute approximate surface area is 177 Å². The van der Waals surface area contributed by atoms with Gasteiger partial charge in [0.2, 0.25) is 0 Å². The van der Waals surface area contributed by atoms with Crippen LogP contribution in [0, 0.1) is 5.82 Å². The average Bonchev–Trinajstić information content (AvgIpc) is 3.27. The molecule has 1 aliphatic carbocycles. The second-order valence-corrected chi connectivity index (χ2v) is 8.05. The highest BCUT2D eigenvalue weighted by Crippen LogP contribution is 2.40. The van der Waals surface area contributed by atoms with Gasteiger partial charge >= 0.3 is 0 Å². The molecule has 0 bridgehead atoms. The highest BCUT2D eigenvalue weighted by atomic mass is 19.1. The monoisotopic (exact) mass is 412 g/mol. The number of hydrogen-bond donors (Lipinski definition) is 1. The molecule has 1 N–H and O–H groups in total. The number of benzene rings is 2. The largest absolute Gasteiger partial charge is 0.484 e. The first-order valence-corrected chi connectivity index (χ1v) is 10.7. The van der Waals surface area contributed by atoms with Gasteiger partial charge in [0.25, 0.3) is 5.91 Å². The quantitative estimate of drug-likeness (QED) is 0.755. The Bertz CT molecular complexity index is 844. The van der Waals surface area contributed by atoms with E-state index < -0.39 is 0 Å². The SMILES string of the molecule is O=C(COc1ccc(CNC2(c3ccccc3F)CCCC2)cc1)N1CCOCC1. The Morgan fingerprint density at radius 3 is 2.47 bits per heavy atom. The Hall–Kier alpha value is -2.44. The molecular formula is C24H29FN2O3. The second kappa shape index (κ2) is 9.58. The van der Waals surface area contributed by atoms with Crippen LogP contribution in [0.5, 0.6) is 5.75 Å². The molecule has 2 aliphatic rings. The summed E-state index contributed by atoms with van der Waals surface area (Å²) in [6.07, 6.45) is 4.09. The molecular weight excluding hydrogens is 383 g/mol. The van der Waals surface area contributed by atoms with Crippen LogP contribution in [0.1, 0.15) is 36.8 Å². The lowest BCUT2D eigenvalue weighted by molar-refractivity contribution is -0.137. The predicted octanol–water partition coefficient (Wildman–Crippen LogP) is 3.62. The molecule has 160 valence electrons. The third kappa shape index (κ3) is 4.82. The van der Waals surface area contributed by atoms with E-state index in [9.17, 15) is 9.18 Å². The number of carbonyl (C=O) groups is 1. The Morgan fingerprint density at radius 2 is 1.77 bits per heavy atom. The van der Waals surface area contributed by atoms with Gasteiger partial charge in [0.1, 0.15) is 11.6 Å². The first-order chi connectivity index (χ1) is 14.7. The van der Waals surface area contributed by atoms with Gasteiger partial charge in [-0.2, -0.15) is 0 Å². The summed E-state index contributed by atoms with van der Waals surface area (Å²) >= 11 is 0. The standard InChI is InChI=1S/C24H29FN2O3/c25-22-6-2-1-5-21(22)24(11-3-4-12-24)26-17-19-7-9-20(10-8-19)30-18-23(28)27-13-15-29-16-14-27/h1-2,5-10,26H,3-4,11-18H2. The van der Waals surface area contributed by atoms with Crippen molar-refractivity contribution in [2.75, 3.05) is 32.9 Å². The van der Waals surface area contributed by atoms with Crippen molar-refractivity contribution in [3.63, 3.8) is 0 Å². The summed E-state index contributed by atoms with van der Waals surface area (Å²) < 4.78 is 25.4. The number of ether oxygens (including phenoxy) is 2. The van der Waals surface area contributed by atoms with Crippen molar-refractivity contribution in [2.45, 2.75) is 37.8 Å². The molecule has 0 unspecified atom stereocenters. The van der Waals surface area contributed by atoms with Gasteiger partial charge in [0, 0.05) is 30.7 Å². The third-order valence-electron chi connectivity index (χ3n) is 6.13. The molecule has 5 nitrogen and oxygen atoms in total. The molecule has 0 spiro atoms. The fraction of sp³-hybridized carbons (Fsp3) is 0.458. The van der Waals surface area contributed by atoms with Gasteiger partial charge in [0.15, 0.2) is 6.61 Å². The van der Waals surface area contributed by atoms with Gasteiger partial charge in [-0.25, -0.2) is 4.39 Å². The molecule has 0 radical (unpaired) electrons. The summed E-state index contributed by atoms with van der Waals surface area (Å²) in [5, 5.41) is 3.63. The van der Waals surface area contributed by atoms with Crippen molar-refractivity contribution in [2.24, 2.45) is 0 Å². The summed E-state index contributed by atoms with van der Waals surface area (Å²) in [6, 6.07) is 14.8. The average molecular weight is 413 g/mol. The van der Waals surface area contributed by atoms with E-state index in [4.69, 9.17) is 9.47 Å². The molecule has 4 rings (SSSR count). The maximum atomic E-state index is 14.5. The van der Waals surface area contributed by atoms with E-state index in [2.05, 4.69) is 5.32 Å². The van der Waals surface area contributed by atoms with Crippen molar-refractivity contribution in [1.29, 1.82) is 0 Å². The maximum absolute atomic E-state index is 14.5. The van der Waals surface area contributed by atoms with E-state index in [1.54, 1.807) is 17.0 Å². The summed E-state index contributed by atoms with van der Waals surface area (Å²) in [6.45, 7) is 3.10. The highest BCUT2D eigenvalue weighted by Gasteiger charge is 2.36. The normalized spacial score (nSPS) is 18.4. The number of carbonyl (C=O) groups excluding carboxylic acids is 1. The fourth-order valence-electron chi connectivity index (χ4n) is 4.39. The number of nitrogens with one attached hydrogen (secondary N) is 1. The molecule has 6 heteroatoms. The first-order valence-electron chi connectivity index (χ1n) is 10.7. The molecule has 1 saturated heterocycles. The van der Waals surface area contributed by atoms with Crippen molar-refractivity contribution in [1.82, 2.24) is 10.2 Å². The molecule has 2 fully saturated rings. The summed E-state index contributed by atoms with van der Waals surface area (Å²) in [5.41, 5.74) is 1.57. The zero-order valence-corrected chi connectivity index (χ0v) is 17.2. The van der Waals surface area contributed by atoms with Crippen LogP contribution in [0.2, 0.25) is 0 Å². The topological polar surface area (TPSA) is 50.8 Å². The Kier molecular flexibility index (Phi) is 6.65. The van der Waals surface area contributed by atoms with Gasteiger partial charge < -0.3 is 19.7 Å². The Balaban J connectivity index is 1.33. The van der Waals surface area contributed by atoms with Crippen LogP contribution in [0.3, 0.4) is 0 Å².